The average molecular weight is 327 g/mol. The lowest BCUT2D eigenvalue weighted by Crippen LogP contribution is -2.39. The van der Waals surface area contributed by atoms with Gasteiger partial charge in [-0.3, -0.25) is 4.68 Å². The second-order valence-electron chi connectivity index (χ2n) is 4.68. The van der Waals surface area contributed by atoms with Crippen molar-refractivity contribution in [1.82, 2.24) is 20.4 Å². The normalized spacial score (nSPS) is 12.0. The molecule has 0 spiro atoms. The molecule has 118 valence electrons. The molecule has 0 aliphatic rings. The van der Waals surface area contributed by atoms with Crippen molar-refractivity contribution in [2.24, 2.45) is 7.05 Å². The summed E-state index contributed by atoms with van der Waals surface area (Å²) in [6, 6.07) is 4.69. The molecular weight excluding hydrogens is 311 g/mol. The van der Waals surface area contributed by atoms with Gasteiger partial charge in [0.2, 0.25) is 0 Å². The number of urea groups is 1. The van der Waals surface area contributed by atoms with Crippen molar-refractivity contribution >= 4 is 17.6 Å². The van der Waals surface area contributed by atoms with Gasteiger partial charge < -0.3 is 15.7 Å². The largest absolute Gasteiger partial charge is 0.394 e. The first-order valence-corrected chi connectivity index (χ1v) is 6.96. The van der Waals surface area contributed by atoms with Crippen LogP contribution in [0.1, 0.15) is 17.3 Å². The second-order valence-corrected chi connectivity index (χ2v) is 5.09. The zero-order valence-corrected chi connectivity index (χ0v) is 12.6. The number of carbonyl (C=O) groups is 1. The Labute approximate surface area is 131 Å². The van der Waals surface area contributed by atoms with Crippen LogP contribution in [-0.4, -0.2) is 27.5 Å². The van der Waals surface area contributed by atoms with Gasteiger partial charge in [-0.25, -0.2) is 9.18 Å². The first kappa shape index (κ1) is 16.3. The standard InChI is InChI=1S/C14H16ClFN4O2/c1-20-10(4-5-18-20)7-17-14(22)19-13(8-21)9-2-3-11(15)12(16)6-9/h2-6,13,21H,7-8H2,1H3,(H2,17,19,22). The van der Waals surface area contributed by atoms with E-state index < -0.39 is 17.9 Å². The Morgan fingerprint density at radius 2 is 2.27 bits per heavy atom. The minimum absolute atomic E-state index is 0.0129. The van der Waals surface area contributed by atoms with Gasteiger partial charge in [-0.15, -0.1) is 0 Å². The predicted octanol–water partition coefficient (Wildman–Crippen LogP) is 1.75. The molecule has 1 heterocycles. The SMILES string of the molecule is Cn1nccc1CNC(=O)NC(CO)c1ccc(Cl)c(F)c1. The van der Waals surface area contributed by atoms with Crippen LogP contribution in [0.2, 0.25) is 5.02 Å². The molecule has 1 unspecified atom stereocenters. The highest BCUT2D eigenvalue weighted by Gasteiger charge is 2.15. The van der Waals surface area contributed by atoms with Gasteiger partial charge >= 0.3 is 6.03 Å². The number of carbonyl (C=O) groups excluding carboxylic acids is 1. The molecule has 22 heavy (non-hydrogen) atoms. The number of aromatic nitrogens is 2. The highest BCUT2D eigenvalue weighted by molar-refractivity contribution is 6.30. The zero-order chi connectivity index (χ0) is 16.1. The van der Waals surface area contributed by atoms with Crippen molar-refractivity contribution in [3.63, 3.8) is 0 Å². The Balaban J connectivity index is 1.95. The van der Waals surface area contributed by atoms with Crippen LogP contribution < -0.4 is 10.6 Å². The molecule has 8 heteroatoms. The van der Waals surface area contributed by atoms with Crippen LogP contribution in [0.25, 0.3) is 0 Å². The van der Waals surface area contributed by atoms with Gasteiger partial charge in [-0.1, -0.05) is 17.7 Å². The number of amides is 2. The van der Waals surface area contributed by atoms with E-state index in [0.717, 1.165) is 5.69 Å². The van der Waals surface area contributed by atoms with E-state index in [-0.39, 0.29) is 18.2 Å². The number of halogens is 2. The van der Waals surface area contributed by atoms with Crippen LogP contribution in [0.3, 0.4) is 0 Å². The van der Waals surface area contributed by atoms with Crippen molar-refractivity contribution in [1.29, 1.82) is 0 Å². The van der Waals surface area contributed by atoms with Crippen LogP contribution in [0.4, 0.5) is 9.18 Å². The Morgan fingerprint density at radius 1 is 1.50 bits per heavy atom. The number of hydrogen-bond donors (Lipinski definition) is 3. The molecule has 2 rings (SSSR count). The van der Waals surface area contributed by atoms with E-state index >= 15 is 0 Å². The van der Waals surface area contributed by atoms with Crippen LogP contribution in [0, 0.1) is 5.82 Å². The van der Waals surface area contributed by atoms with E-state index in [1.807, 2.05) is 0 Å². The van der Waals surface area contributed by atoms with E-state index in [1.54, 1.807) is 30.1 Å². The maximum absolute atomic E-state index is 13.4. The summed E-state index contributed by atoms with van der Waals surface area (Å²) in [5.74, 6) is -0.602. The third-order valence-electron chi connectivity index (χ3n) is 3.19. The van der Waals surface area contributed by atoms with Gasteiger partial charge in [0.05, 0.1) is 29.9 Å². The number of aryl methyl sites for hydroxylation is 1. The van der Waals surface area contributed by atoms with E-state index in [1.165, 1.54) is 12.1 Å². The van der Waals surface area contributed by atoms with E-state index in [2.05, 4.69) is 15.7 Å². The molecule has 0 saturated carbocycles. The predicted molar refractivity (Wildman–Crippen MR) is 79.8 cm³/mol. The summed E-state index contributed by atoms with van der Waals surface area (Å²) in [5, 5.41) is 18.6. The van der Waals surface area contributed by atoms with Crippen LogP contribution in [0.5, 0.6) is 0 Å². The van der Waals surface area contributed by atoms with Crippen LogP contribution in [0.15, 0.2) is 30.5 Å². The van der Waals surface area contributed by atoms with Gasteiger partial charge in [0.25, 0.3) is 0 Å². The number of nitrogens with one attached hydrogen (secondary N) is 2. The molecule has 0 aliphatic heterocycles. The Kier molecular flexibility index (Phi) is 5.35. The Hall–Kier alpha value is -2.12. The topological polar surface area (TPSA) is 79.2 Å². The Bertz CT molecular complexity index is 662. The first-order valence-electron chi connectivity index (χ1n) is 6.58. The van der Waals surface area contributed by atoms with Gasteiger partial charge in [-0.05, 0) is 23.8 Å². The maximum Gasteiger partial charge on any atom is 0.315 e. The summed E-state index contributed by atoms with van der Waals surface area (Å²) in [6.45, 7) is -0.0737. The van der Waals surface area contributed by atoms with Crippen molar-refractivity contribution < 1.29 is 14.3 Å². The Morgan fingerprint density at radius 3 is 2.86 bits per heavy atom. The monoisotopic (exact) mass is 326 g/mol. The number of aliphatic hydroxyl groups excluding tert-OH is 1. The molecule has 0 radical (unpaired) electrons. The van der Waals surface area contributed by atoms with Gasteiger partial charge in [0.15, 0.2) is 0 Å². The maximum atomic E-state index is 13.4. The molecular formula is C14H16ClFN4O2. The minimum Gasteiger partial charge on any atom is -0.394 e. The molecule has 1 atom stereocenters. The fraction of sp³-hybridized carbons (Fsp3) is 0.286. The van der Waals surface area contributed by atoms with Gasteiger partial charge in [0.1, 0.15) is 5.82 Å². The quantitative estimate of drug-likeness (QED) is 0.783. The molecule has 0 aliphatic carbocycles. The number of rotatable bonds is 5. The lowest BCUT2D eigenvalue weighted by Gasteiger charge is -2.17. The highest BCUT2D eigenvalue weighted by atomic mass is 35.5. The summed E-state index contributed by atoms with van der Waals surface area (Å²) >= 11 is 5.61. The fourth-order valence-electron chi connectivity index (χ4n) is 1.92. The van der Waals surface area contributed by atoms with Crippen LogP contribution in [-0.2, 0) is 13.6 Å². The lowest BCUT2D eigenvalue weighted by atomic mass is 10.1. The first-order chi connectivity index (χ1) is 10.5. The molecule has 0 bridgehead atoms. The van der Waals surface area contributed by atoms with E-state index in [0.29, 0.717) is 5.56 Å². The molecule has 3 N–H and O–H groups in total. The molecule has 0 fully saturated rings. The lowest BCUT2D eigenvalue weighted by molar-refractivity contribution is 0.216. The average Bonchev–Trinajstić information content (AvgIpc) is 2.91. The third kappa shape index (κ3) is 3.96. The van der Waals surface area contributed by atoms with E-state index in [9.17, 15) is 14.3 Å². The van der Waals surface area contributed by atoms with Gasteiger partial charge in [0, 0.05) is 13.2 Å². The second kappa shape index (κ2) is 7.24. The molecule has 1 aromatic carbocycles. The van der Waals surface area contributed by atoms with Crippen LogP contribution >= 0.6 is 11.6 Å². The molecule has 0 saturated heterocycles. The van der Waals surface area contributed by atoms with Crippen molar-refractivity contribution in [2.45, 2.75) is 12.6 Å². The fourth-order valence-corrected chi connectivity index (χ4v) is 2.04. The van der Waals surface area contributed by atoms with Crippen molar-refractivity contribution in [3.05, 3.63) is 52.6 Å². The van der Waals surface area contributed by atoms with Crippen molar-refractivity contribution in [3.8, 4) is 0 Å². The molecule has 2 aromatic rings. The molecule has 6 nitrogen and oxygen atoms in total. The summed E-state index contributed by atoms with van der Waals surface area (Å²) in [7, 11) is 1.77. The van der Waals surface area contributed by atoms with E-state index in [4.69, 9.17) is 11.6 Å². The molecule has 2 amide bonds. The highest BCUT2D eigenvalue weighted by Crippen LogP contribution is 2.20. The van der Waals surface area contributed by atoms with Crippen molar-refractivity contribution in [2.75, 3.05) is 6.61 Å². The number of hydrogen-bond acceptors (Lipinski definition) is 3. The molecule has 1 aromatic heterocycles. The summed E-state index contributed by atoms with van der Waals surface area (Å²) in [5.41, 5.74) is 1.26. The number of nitrogens with zero attached hydrogens (tertiary/aromatic N) is 2. The minimum atomic E-state index is -0.724. The smallest absolute Gasteiger partial charge is 0.315 e. The summed E-state index contributed by atoms with van der Waals surface area (Å²) < 4.78 is 15.1. The van der Waals surface area contributed by atoms with Gasteiger partial charge in [-0.2, -0.15) is 5.10 Å². The summed E-state index contributed by atoms with van der Waals surface area (Å²) in [4.78, 5) is 11.9. The third-order valence-corrected chi connectivity index (χ3v) is 3.49. The zero-order valence-electron chi connectivity index (χ0n) is 11.9. The number of benzene rings is 1. The summed E-state index contributed by atoms with van der Waals surface area (Å²) in [6.07, 6.45) is 1.63. The number of aliphatic hydroxyl groups is 1.